The predicted molar refractivity (Wildman–Crippen MR) is 230 cm³/mol. The van der Waals surface area contributed by atoms with Crippen LogP contribution in [0.2, 0.25) is 19.6 Å². The van der Waals surface area contributed by atoms with Crippen molar-refractivity contribution in [3.05, 3.63) is 175 Å². The van der Waals surface area contributed by atoms with E-state index in [4.69, 9.17) is 14.4 Å². The first kappa shape index (κ1) is 39.8. The van der Waals surface area contributed by atoms with Crippen LogP contribution in [0.4, 0.5) is 0 Å². The van der Waals surface area contributed by atoms with Gasteiger partial charge in [0.15, 0.2) is 0 Å². The molecule has 1 radical (unpaired) electrons. The molecule has 3 nitrogen and oxygen atoms in total. The van der Waals surface area contributed by atoms with Crippen LogP contribution < -0.4 is 5.19 Å². The Hall–Kier alpha value is -4.93. The maximum absolute atomic E-state index is 6.41. The maximum Gasteiger partial charge on any atom is 0.121 e. The summed E-state index contributed by atoms with van der Waals surface area (Å²) in [6, 6.07) is 52.6. The minimum atomic E-state index is -1.37. The van der Waals surface area contributed by atoms with E-state index in [2.05, 4.69) is 163 Å². The van der Waals surface area contributed by atoms with Gasteiger partial charge in [0.2, 0.25) is 0 Å². The van der Waals surface area contributed by atoms with Gasteiger partial charge in [-0.3, -0.25) is 0 Å². The number of aromatic nitrogens is 2. The zero-order valence-corrected chi connectivity index (χ0v) is 36.2. The molecule has 8 aromatic rings. The summed E-state index contributed by atoms with van der Waals surface area (Å²) in [4.78, 5) is 9.40. The van der Waals surface area contributed by atoms with Crippen molar-refractivity contribution in [3.8, 4) is 33.6 Å². The number of hydrogen-bond donors (Lipinski definition) is 0. The molecule has 0 amide bonds. The first-order valence-electron chi connectivity index (χ1n) is 18.9. The molecule has 0 saturated heterocycles. The van der Waals surface area contributed by atoms with Crippen molar-refractivity contribution in [1.29, 1.82) is 0 Å². The SMILES string of the molecule is CC(C)(C)Cc1cc(-c2[c-]cccc2)ncc1[Si](C)(C)C.CC(c1ccccc1)c1ccnc(-c2[c-]ccc3c2oc2cccc(-c4ccccc4)c23)c1.[Ir]. The molecule has 0 N–H and O–H groups in total. The summed E-state index contributed by atoms with van der Waals surface area (Å²) in [5.41, 5.74) is 12.2. The van der Waals surface area contributed by atoms with E-state index < -0.39 is 8.07 Å². The smallest absolute Gasteiger partial charge is 0.121 e. The molecule has 1 atom stereocenters. The molecule has 8 rings (SSSR count). The quantitative estimate of drug-likeness (QED) is 0.118. The minimum absolute atomic E-state index is 0. The average Bonchev–Trinajstić information content (AvgIpc) is 3.57. The molecule has 3 heterocycles. The zero-order chi connectivity index (χ0) is 37.9. The van der Waals surface area contributed by atoms with Gasteiger partial charge >= 0.3 is 0 Å². The number of nitrogens with zero attached hydrogens (tertiary/aromatic N) is 2. The number of pyridine rings is 2. The van der Waals surface area contributed by atoms with E-state index in [1.54, 1.807) is 0 Å². The molecule has 55 heavy (non-hydrogen) atoms. The van der Waals surface area contributed by atoms with Crippen LogP contribution in [0.1, 0.15) is 50.3 Å². The Bertz CT molecular complexity index is 2500. The summed E-state index contributed by atoms with van der Waals surface area (Å²) in [7, 11) is -1.37. The van der Waals surface area contributed by atoms with Gasteiger partial charge in [-0.15, -0.1) is 54.1 Å². The minimum Gasteiger partial charge on any atom is -0.501 e. The van der Waals surface area contributed by atoms with Crippen LogP contribution in [0.5, 0.6) is 0 Å². The molecule has 3 aromatic heterocycles. The van der Waals surface area contributed by atoms with Gasteiger partial charge in [-0.25, -0.2) is 0 Å². The van der Waals surface area contributed by atoms with E-state index in [9.17, 15) is 0 Å². The van der Waals surface area contributed by atoms with Crippen molar-refractivity contribution in [2.24, 2.45) is 5.41 Å². The standard InChI is InChI=1S/C31H22NO.C19H26NSi.Ir/c1-21(22-10-4-2-5-11-22)24-18-19-32-28(20-24)26-15-8-16-27-30-25(23-12-6-3-7-13-23)14-9-17-29(30)33-31(26)27;1-19(2,3)13-16-12-17(15-10-8-7-9-11-15)20-14-18(16)21(4,5)6;/h2-14,16-21H,1H3;7-10,12,14H,13H2,1-6H3;/q2*-1;. The van der Waals surface area contributed by atoms with Crippen molar-refractivity contribution in [2.45, 2.75) is 59.7 Å². The molecule has 0 bridgehead atoms. The number of benzene rings is 5. The van der Waals surface area contributed by atoms with Crippen molar-refractivity contribution >= 4 is 35.2 Å². The second-order valence-electron chi connectivity index (χ2n) is 16.3. The summed E-state index contributed by atoms with van der Waals surface area (Å²) in [6.45, 7) is 16.3. The van der Waals surface area contributed by atoms with Crippen LogP contribution in [-0.4, -0.2) is 18.0 Å². The van der Waals surface area contributed by atoms with Crippen molar-refractivity contribution in [2.75, 3.05) is 0 Å². The van der Waals surface area contributed by atoms with E-state index >= 15 is 0 Å². The van der Waals surface area contributed by atoms with Crippen molar-refractivity contribution < 1.29 is 24.5 Å². The fraction of sp³-hybridized carbons (Fsp3) is 0.200. The van der Waals surface area contributed by atoms with Gasteiger partial charge in [-0.2, -0.15) is 0 Å². The Balaban J connectivity index is 0.000000204. The Morgan fingerprint density at radius 1 is 0.709 bits per heavy atom. The van der Waals surface area contributed by atoms with E-state index in [-0.39, 0.29) is 31.4 Å². The van der Waals surface area contributed by atoms with Gasteiger partial charge < -0.3 is 14.4 Å². The Kier molecular flexibility index (Phi) is 12.2. The first-order chi connectivity index (χ1) is 26.0. The third-order valence-corrected chi connectivity index (χ3v) is 12.0. The van der Waals surface area contributed by atoms with E-state index in [0.29, 0.717) is 0 Å². The topological polar surface area (TPSA) is 38.9 Å². The molecule has 0 fully saturated rings. The third kappa shape index (κ3) is 9.14. The van der Waals surface area contributed by atoms with Crippen LogP contribution in [0.25, 0.3) is 55.6 Å². The largest absolute Gasteiger partial charge is 0.501 e. The number of fused-ring (bicyclic) bond motifs is 3. The molecule has 279 valence electrons. The zero-order valence-electron chi connectivity index (χ0n) is 32.8. The molecule has 0 aliphatic carbocycles. The maximum atomic E-state index is 6.41. The molecule has 1 unspecified atom stereocenters. The molecule has 5 aromatic carbocycles. The number of furan rings is 1. The van der Waals surface area contributed by atoms with Crippen molar-refractivity contribution in [3.63, 3.8) is 0 Å². The van der Waals surface area contributed by atoms with E-state index in [0.717, 1.165) is 50.9 Å². The first-order valence-corrected chi connectivity index (χ1v) is 22.4. The van der Waals surface area contributed by atoms with E-state index in [1.165, 1.54) is 33.0 Å². The number of hydrogen-bond acceptors (Lipinski definition) is 3. The average molecular weight is 913 g/mol. The van der Waals surface area contributed by atoms with Gasteiger partial charge in [0.25, 0.3) is 0 Å². The fourth-order valence-electron chi connectivity index (χ4n) is 7.22. The molecular formula is C50H48IrN2OSi-2. The van der Waals surface area contributed by atoms with Gasteiger partial charge in [-0.1, -0.05) is 149 Å². The van der Waals surface area contributed by atoms with Crippen LogP contribution in [-0.2, 0) is 26.5 Å². The van der Waals surface area contributed by atoms with E-state index in [1.807, 2.05) is 42.6 Å². The Labute approximate surface area is 341 Å². The fourth-order valence-corrected chi connectivity index (χ4v) is 8.79. The summed E-state index contributed by atoms with van der Waals surface area (Å²) in [5.74, 6) is 0.271. The summed E-state index contributed by atoms with van der Waals surface area (Å²) in [5, 5.41) is 3.70. The Morgan fingerprint density at radius 2 is 1.44 bits per heavy atom. The van der Waals surface area contributed by atoms with Crippen molar-refractivity contribution in [1.82, 2.24) is 9.97 Å². The van der Waals surface area contributed by atoms with Gasteiger partial charge in [-0.05, 0) is 62.8 Å². The second-order valence-corrected chi connectivity index (χ2v) is 21.4. The molecular weight excluding hydrogens is 865 g/mol. The summed E-state index contributed by atoms with van der Waals surface area (Å²) < 4.78 is 6.41. The van der Waals surface area contributed by atoms with Crippen LogP contribution in [0.3, 0.4) is 0 Å². The van der Waals surface area contributed by atoms with Crippen LogP contribution in [0, 0.1) is 17.5 Å². The summed E-state index contributed by atoms with van der Waals surface area (Å²) >= 11 is 0. The molecule has 0 aliphatic rings. The summed E-state index contributed by atoms with van der Waals surface area (Å²) in [6.07, 6.45) is 5.09. The number of rotatable bonds is 7. The Morgan fingerprint density at radius 3 is 2.13 bits per heavy atom. The van der Waals surface area contributed by atoms with Crippen LogP contribution >= 0.6 is 0 Å². The molecule has 0 spiro atoms. The molecule has 5 heteroatoms. The molecule has 0 saturated carbocycles. The van der Waals surface area contributed by atoms with Gasteiger partial charge in [0, 0.05) is 43.8 Å². The third-order valence-electron chi connectivity index (χ3n) is 9.88. The monoisotopic (exact) mass is 913 g/mol. The van der Waals surface area contributed by atoms with Gasteiger partial charge in [0.05, 0.1) is 13.7 Å². The van der Waals surface area contributed by atoms with Gasteiger partial charge in [0.1, 0.15) is 5.58 Å². The predicted octanol–water partition coefficient (Wildman–Crippen LogP) is 12.9. The normalized spacial score (nSPS) is 12.1. The van der Waals surface area contributed by atoms with Crippen LogP contribution in [0.15, 0.2) is 150 Å². The molecule has 0 aliphatic heterocycles. The second kappa shape index (κ2) is 16.8.